The molecule has 0 bridgehead atoms. The van der Waals surface area contributed by atoms with Crippen LogP contribution in [-0.4, -0.2) is 11.5 Å². The van der Waals surface area contributed by atoms with E-state index >= 15 is 0 Å². The van der Waals surface area contributed by atoms with Crippen molar-refractivity contribution < 1.29 is 13.2 Å². The van der Waals surface area contributed by atoms with Crippen LogP contribution in [0.15, 0.2) is 18.3 Å². The molecule has 1 fully saturated rings. The minimum atomic E-state index is -4.30. The Morgan fingerprint density at radius 2 is 2.17 bits per heavy atom. The maximum atomic E-state index is 12.5. The van der Waals surface area contributed by atoms with E-state index in [1.165, 1.54) is 12.6 Å². The summed E-state index contributed by atoms with van der Waals surface area (Å²) in [4.78, 5) is 3.92. The highest BCUT2D eigenvalue weighted by molar-refractivity contribution is 5.38. The Bertz CT molecular complexity index is 403. The lowest BCUT2D eigenvalue weighted by molar-refractivity contribution is -0.137. The van der Waals surface area contributed by atoms with Crippen molar-refractivity contribution >= 4 is 5.82 Å². The molecule has 1 heterocycles. The second-order valence-corrected chi connectivity index (χ2v) is 5.09. The molecular formula is C13H17F3N2. The minimum absolute atomic E-state index is 0.310. The standard InChI is InChI=1S/C13H17F3N2/c1-9-2-3-10(6-9)8-18-12-7-11(4-5-17-12)13(14,15)16/h4-5,7,9-10H,2-3,6,8H2,1H3,(H,17,18). The van der Waals surface area contributed by atoms with Crippen molar-refractivity contribution in [3.8, 4) is 0 Å². The number of halogens is 3. The van der Waals surface area contributed by atoms with Gasteiger partial charge in [0.2, 0.25) is 0 Å². The van der Waals surface area contributed by atoms with E-state index in [4.69, 9.17) is 0 Å². The Hall–Kier alpha value is -1.26. The molecule has 1 aromatic rings. The van der Waals surface area contributed by atoms with Crippen molar-refractivity contribution in [3.63, 3.8) is 0 Å². The zero-order valence-electron chi connectivity index (χ0n) is 10.3. The third-order valence-electron chi connectivity index (χ3n) is 3.46. The maximum Gasteiger partial charge on any atom is 0.416 e. The van der Waals surface area contributed by atoms with Crippen LogP contribution in [0.3, 0.4) is 0 Å². The SMILES string of the molecule is CC1CCC(CNc2cc(C(F)(F)F)ccn2)C1. The van der Waals surface area contributed by atoms with Gasteiger partial charge >= 0.3 is 6.18 Å². The number of anilines is 1. The Morgan fingerprint density at radius 3 is 2.78 bits per heavy atom. The fraction of sp³-hybridized carbons (Fsp3) is 0.615. The normalized spacial score (nSPS) is 24.2. The molecule has 5 heteroatoms. The van der Waals surface area contributed by atoms with Crippen LogP contribution in [-0.2, 0) is 6.18 Å². The summed E-state index contributed by atoms with van der Waals surface area (Å²) in [6.07, 6.45) is 0.394. The summed E-state index contributed by atoms with van der Waals surface area (Å²) in [6, 6.07) is 2.06. The van der Waals surface area contributed by atoms with Gasteiger partial charge in [-0.15, -0.1) is 0 Å². The zero-order chi connectivity index (χ0) is 13.2. The molecule has 0 saturated heterocycles. The van der Waals surface area contributed by atoms with Crippen molar-refractivity contribution in [1.29, 1.82) is 0 Å². The van der Waals surface area contributed by atoms with E-state index in [2.05, 4.69) is 17.2 Å². The van der Waals surface area contributed by atoms with Crippen molar-refractivity contribution in [2.45, 2.75) is 32.4 Å². The first-order valence-electron chi connectivity index (χ1n) is 6.22. The second-order valence-electron chi connectivity index (χ2n) is 5.09. The summed E-state index contributed by atoms with van der Waals surface area (Å²) in [5.74, 6) is 1.59. The Kier molecular flexibility index (Phi) is 3.78. The van der Waals surface area contributed by atoms with Crippen LogP contribution in [0.2, 0.25) is 0 Å². The molecule has 100 valence electrons. The third-order valence-corrected chi connectivity index (χ3v) is 3.46. The van der Waals surface area contributed by atoms with Crippen LogP contribution >= 0.6 is 0 Å². The average molecular weight is 258 g/mol. The van der Waals surface area contributed by atoms with Crippen LogP contribution in [0.5, 0.6) is 0 Å². The van der Waals surface area contributed by atoms with Crippen LogP contribution in [0.4, 0.5) is 19.0 Å². The Balaban J connectivity index is 1.93. The van der Waals surface area contributed by atoms with E-state index in [1.807, 2.05) is 0 Å². The largest absolute Gasteiger partial charge is 0.416 e. The molecule has 0 radical (unpaired) electrons. The Labute approximate surface area is 105 Å². The predicted octanol–water partition coefficient (Wildman–Crippen LogP) is 3.95. The number of nitrogens with zero attached hydrogens (tertiary/aromatic N) is 1. The van der Waals surface area contributed by atoms with Crippen molar-refractivity contribution in [1.82, 2.24) is 4.98 Å². The van der Waals surface area contributed by atoms with Gasteiger partial charge in [-0.3, -0.25) is 0 Å². The van der Waals surface area contributed by atoms with E-state index in [9.17, 15) is 13.2 Å². The lowest BCUT2D eigenvalue weighted by Gasteiger charge is -2.13. The molecular weight excluding hydrogens is 241 g/mol. The van der Waals surface area contributed by atoms with Gasteiger partial charge in [-0.1, -0.05) is 13.3 Å². The highest BCUT2D eigenvalue weighted by Gasteiger charge is 2.30. The summed E-state index contributed by atoms with van der Waals surface area (Å²) in [5.41, 5.74) is -0.653. The highest BCUT2D eigenvalue weighted by atomic mass is 19.4. The molecule has 1 aliphatic rings. The molecule has 0 amide bonds. The van der Waals surface area contributed by atoms with Gasteiger partial charge in [-0.2, -0.15) is 13.2 Å². The predicted molar refractivity (Wildman–Crippen MR) is 64.2 cm³/mol. The van der Waals surface area contributed by atoms with E-state index < -0.39 is 11.7 Å². The van der Waals surface area contributed by atoms with Gasteiger partial charge in [-0.05, 0) is 36.8 Å². The van der Waals surface area contributed by atoms with Gasteiger partial charge in [-0.25, -0.2) is 4.98 Å². The van der Waals surface area contributed by atoms with E-state index in [1.54, 1.807) is 0 Å². The summed E-state index contributed by atoms with van der Waals surface area (Å²) in [6.45, 7) is 2.92. The first-order chi connectivity index (χ1) is 8.45. The molecule has 1 N–H and O–H groups in total. The van der Waals surface area contributed by atoms with Gasteiger partial charge in [0.25, 0.3) is 0 Å². The van der Waals surface area contributed by atoms with Crippen LogP contribution in [0.1, 0.15) is 31.7 Å². The van der Waals surface area contributed by atoms with E-state index in [0.29, 0.717) is 18.3 Å². The maximum absolute atomic E-state index is 12.5. The summed E-state index contributed by atoms with van der Waals surface area (Å²) in [7, 11) is 0. The fourth-order valence-electron chi connectivity index (χ4n) is 2.46. The average Bonchev–Trinajstić information content (AvgIpc) is 2.72. The van der Waals surface area contributed by atoms with Gasteiger partial charge in [0.05, 0.1) is 5.56 Å². The molecule has 1 aliphatic carbocycles. The zero-order valence-corrected chi connectivity index (χ0v) is 10.3. The minimum Gasteiger partial charge on any atom is -0.370 e. The highest BCUT2D eigenvalue weighted by Crippen LogP contribution is 2.32. The van der Waals surface area contributed by atoms with Crippen molar-refractivity contribution in [2.75, 3.05) is 11.9 Å². The topological polar surface area (TPSA) is 24.9 Å². The molecule has 18 heavy (non-hydrogen) atoms. The van der Waals surface area contributed by atoms with Gasteiger partial charge in [0.1, 0.15) is 5.82 Å². The van der Waals surface area contributed by atoms with Crippen molar-refractivity contribution in [3.05, 3.63) is 23.9 Å². The number of nitrogens with one attached hydrogen (secondary N) is 1. The smallest absolute Gasteiger partial charge is 0.370 e. The fourth-order valence-corrected chi connectivity index (χ4v) is 2.46. The monoisotopic (exact) mass is 258 g/mol. The number of hydrogen-bond donors (Lipinski definition) is 1. The number of alkyl halides is 3. The molecule has 2 atom stereocenters. The third kappa shape index (κ3) is 3.37. The van der Waals surface area contributed by atoms with E-state index in [0.717, 1.165) is 30.9 Å². The molecule has 0 aromatic carbocycles. The molecule has 2 unspecified atom stereocenters. The van der Waals surface area contributed by atoms with Crippen molar-refractivity contribution in [2.24, 2.45) is 11.8 Å². The molecule has 2 rings (SSSR count). The second kappa shape index (κ2) is 5.16. The molecule has 0 aliphatic heterocycles. The van der Waals surface area contributed by atoms with Gasteiger partial charge < -0.3 is 5.32 Å². The summed E-state index contributed by atoms with van der Waals surface area (Å²) in [5, 5.41) is 3.01. The van der Waals surface area contributed by atoms with Gasteiger partial charge in [0.15, 0.2) is 0 Å². The lowest BCUT2D eigenvalue weighted by Crippen LogP contribution is -2.13. The first kappa shape index (κ1) is 13.2. The van der Waals surface area contributed by atoms with Crippen LogP contribution < -0.4 is 5.32 Å². The number of rotatable bonds is 3. The van der Waals surface area contributed by atoms with Crippen LogP contribution in [0, 0.1) is 11.8 Å². The van der Waals surface area contributed by atoms with E-state index in [-0.39, 0.29) is 0 Å². The lowest BCUT2D eigenvalue weighted by atomic mass is 10.1. The summed E-state index contributed by atoms with van der Waals surface area (Å²) < 4.78 is 37.5. The quantitative estimate of drug-likeness (QED) is 0.888. The molecule has 0 spiro atoms. The van der Waals surface area contributed by atoms with Gasteiger partial charge in [0, 0.05) is 12.7 Å². The Morgan fingerprint density at radius 1 is 1.39 bits per heavy atom. The number of pyridine rings is 1. The summed E-state index contributed by atoms with van der Waals surface area (Å²) >= 11 is 0. The molecule has 2 nitrogen and oxygen atoms in total. The first-order valence-corrected chi connectivity index (χ1v) is 6.22. The number of aromatic nitrogens is 1. The molecule has 1 saturated carbocycles. The number of hydrogen-bond acceptors (Lipinski definition) is 2. The molecule has 1 aromatic heterocycles. The van der Waals surface area contributed by atoms with Crippen LogP contribution in [0.25, 0.3) is 0 Å².